The van der Waals surface area contributed by atoms with Gasteiger partial charge in [0, 0.05) is 31.9 Å². The van der Waals surface area contributed by atoms with Gasteiger partial charge in [0.05, 0.1) is 12.5 Å². The number of nitrogens with zero attached hydrogens (tertiary/aromatic N) is 4. The molecular formula is C18H30N4O3. The first-order valence-electron chi connectivity index (χ1n) is 9.41. The largest absolute Gasteiger partial charge is 0.450 e. The highest BCUT2D eigenvalue weighted by atomic mass is 16.6. The van der Waals surface area contributed by atoms with Crippen molar-refractivity contribution < 1.29 is 14.3 Å². The van der Waals surface area contributed by atoms with E-state index >= 15 is 0 Å². The molecule has 0 spiro atoms. The molecule has 2 aliphatic rings. The molecule has 0 saturated carbocycles. The van der Waals surface area contributed by atoms with E-state index in [9.17, 15) is 9.59 Å². The fourth-order valence-corrected chi connectivity index (χ4v) is 3.17. The summed E-state index contributed by atoms with van der Waals surface area (Å²) in [5.74, 6) is 0.254. The summed E-state index contributed by atoms with van der Waals surface area (Å²) >= 11 is 0. The van der Waals surface area contributed by atoms with Gasteiger partial charge in [-0.2, -0.15) is 4.99 Å². The SMILES string of the molecule is CCCCCCC1C(=O)N=C(N2CCN(C(=O)OCC)CC2)N=C1C. The van der Waals surface area contributed by atoms with Crippen LogP contribution in [-0.2, 0) is 9.53 Å². The van der Waals surface area contributed by atoms with Crippen LogP contribution in [-0.4, -0.2) is 66.3 Å². The smallest absolute Gasteiger partial charge is 0.409 e. The van der Waals surface area contributed by atoms with Crippen LogP contribution in [0.4, 0.5) is 4.79 Å². The predicted molar refractivity (Wildman–Crippen MR) is 98.0 cm³/mol. The maximum Gasteiger partial charge on any atom is 0.409 e. The minimum atomic E-state index is -0.282. The van der Waals surface area contributed by atoms with Crippen molar-refractivity contribution in [2.24, 2.45) is 15.9 Å². The predicted octanol–water partition coefficient (Wildman–Crippen LogP) is 2.70. The lowest BCUT2D eigenvalue weighted by atomic mass is 9.95. The molecule has 2 aliphatic heterocycles. The lowest BCUT2D eigenvalue weighted by Gasteiger charge is -2.35. The quantitative estimate of drug-likeness (QED) is 0.690. The Morgan fingerprint density at radius 3 is 2.44 bits per heavy atom. The lowest BCUT2D eigenvalue weighted by Crippen LogP contribution is -2.51. The van der Waals surface area contributed by atoms with Gasteiger partial charge in [-0.25, -0.2) is 9.79 Å². The average molecular weight is 350 g/mol. The Hall–Kier alpha value is -1.92. The Morgan fingerprint density at radius 2 is 1.84 bits per heavy atom. The Kier molecular flexibility index (Phi) is 7.40. The van der Waals surface area contributed by atoms with E-state index in [0.717, 1.165) is 25.0 Å². The summed E-state index contributed by atoms with van der Waals surface area (Å²) in [6, 6.07) is 0. The molecule has 2 rings (SSSR count). The molecule has 2 amide bonds. The number of carbonyl (C=O) groups excluding carboxylic acids is 2. The van der Waals surface area contributed by atoms with Gasteiger partial charge in [-0.05, 0) is 20.3 Å². The maximum atomic E-state index is 12.4. The van der Waals surface area contributed by atoms with Gasteiger partial charge < -0.3 is 14.5 Å². The summed E-state index contributed by atoms with van der Waals surface area (Å²) in [6.07, 6.45) is 5.14. The average Bonchev–Trinajstić information content (AvgIpc) is 2.60. The molecule has 0 aromatic rings. The second kappa shape index (κ2) is 9.53. The Bertz CT molecular complexity index is 536. The van der Waals surface area contributed by atoms with Crippen molar-refractivity contribution in [1.29, 1.82) is 0 Å². The first-order chi connectivity index (χ1) is 12.1. The summed E-state index contributed by atoms with van der Waals surface area (Å²) in [7, 11) is 0. The molecule has 25 heavy (non-hydrogen) atoms. The van der Waals surface area contributed by atoms with Gasteiger partial charge in [-0.3, -0.25) is 4.79 Å². The number of hydrogen-bond acceptors (Lipinski definition) is 5. The number of hydrogen-bond donors (Lipinski definition) is 0. The van der Waals surface area contributed by atoms with Gasteiger partial charge in [0.15, 0.2) is 0 Å². The Labute approximate surface area is 150 Å². The number of carbonyl (C=O) groups is 2. The number of guanidine groups is 1. The summed E-state index contributed by atoms with van der Waals surface area (Å²) in [6.45, 7) is 8.62. The first-order valence-corrected chi connectivity index (χ1v) is 9.41. The summed E-state index contributed by atoms with van der Waals surface area (Å²) in [5.41, 5.74) is 0.860. The van der Waals surface area contributed by atoms with Crippen LogP contribution < -0.4 is 0 Å². The molecular weight excluding hydrogens is 320 g/mol. The molecule has 0 aliphatic carbocycles. The highest BCUT2D eigenvalue weighted by Crippen LogP contribution is 2.19. The van der Waals surface area contributed by atoms with Gasteiger partial charge in [-0.1, -0.05) is 32.6 Å². The fourth-order valence-electron chi connectivity index (χ4n) is 3.17. The lowest BCUT2D eigenvalue weighted by molar-refractivity contribution is -0.120. The standard InChI is InChI=1S/C18H30N4O3/c1-4-6-7-8-9-15-14(3)19-17(20-16(15)23)21-10-12-22(13-11-21)18(24)25-5-2/h15H,4-13H2,1-3H3. The van der Waals surface area contributed by atoms with Crippen LogP contribution in [0.1, 0.15) is 52.9 Å². The van der Waals surface area contributed by atoms with Gasteiger partial charge >= 0.3 is 6.09 Å². The molecule has 1 atom stereocenters. The minimum absolute atomic E-state index is 0.0770. The maximum absolute atomic E-state index is 12.4. The van der Waals surface area contributed by atoms with Crippen molar-refractivity contribution in [3.8, 4) is 0 Å². The second-order valence-electron chi connectivity index (χ2n) is 6.58. The zero-order valence-corrected chi connectivity index (χ0v) is 15.7. The van der Waals surface area contributed by atoms with E-state index in [4.69, 9.17) is 4.74 Å². The summed E-state index contributed by atoms with van der Waals surface area (Å²) in [5, 5.41) is 0. The highest BCUT2D eigenvalue weighted by Gasteiger charge is 2.30. The molecule has 0 N–H and O–H groups in total. The third kappa shape index (κ3) is 5.28. The highest BCUT2D eigenvalue weighted by molar-refractivity contribution is 6.14. The van der Waals surface area contributed by atoms with Crippen LogP contribution in [0.15, 0.2) is 9.98 Å². The molecule has 7 nitrogen and oxygen atoms in total. The van der Waals surface area contributed by atoms with E-state index < -0.39 is 0 Å². The van der Waals surface area contributed by atoms with Crippen molar-refractivity contribution in [3.63, 3.8) is 0 Å². The van der Waals surface area contributed by atoms with E-state index in [-0.39, 0.29) is 17.9 Å². The van der Waals surface area contributed by atoms with Gasteiger partial charge in [0.25, 0.3) is 5.91 Å². The topological polar surface area (TPSA) is 74.6 Å². The molecule has 140 valence electrons. The third-order valence-corrected chi connectivity index (χ3v) is 4.72. The van der Waals surface area contributed by atoms with Gasteiger partial charge in [0.2, 0.25) is 5.96 Å². The number of amides is 2. The number of unbranched alkanes of at least 4 members (excludes halogenated alkanes) is 3. The zero-order chi connectivity index (χ0) is 18.2. The normalized spacial score (nSPS) is 21.1. The van der Waals surface area contributed by atoms with E-state index in [1.54, 1.807) is 11.8 Å². The van der Waals surface area contributed by atoms with Crippen molar-refractivity contribution >= 4 is 23.7 Å². The summed E-state index contributed by atoms with van der Waals surface area (Å²) < 4.78 is 5.02. The molecule has 0 aromatic carbocycles. The van der Waals surface area contributed by atoms with Crippen LogP contribution in [0.2, 0.25) is 0 Å². The zero-order valence-electron chi connectivity index (χ0n) is 15.7. The number of piperazine rings is 1. The first kappa shape index (κ1) is 19.4. The van der Waals surface area contributed by atoms with Crippen molar-refractivity contribution in [1.82, 2.24) is 9.80 Å². The van der Waals surface area contributed by atoms with Crippen LogP contribution in [0.5, 0.6) is 0 Å². The van der Waals surface area contributed by atoms with E-state index in [1.807, 2.05) is 11.8 Å². The Balaban J connectivity index is 1.88. The molecule has 0 aromatic heterocycles. The fraction of sp³-hybridized carbons (Fsp3) is 0.778. The van der Waals surface area contributed by atoms with Crippen molar-refractivity contribution in [3.05, 3.63) is 0 Å². The third-order valence-electron chi connectivity index (χ3n) is 4.72. The molecule has 2 heterocycles. The van der Waals surface area contributed by atoms with E-state index in [1.165, 1.54) is 12.8 Å². The number of rotatable bonds is 6. The number of aliphatic imine (C=N–C) groups is 2. The molecule has 7 heteroatoms. The number of ether oxygens (including phenoxy) is 1. The molecule has 0 bridgehead atoms. The molecule has 1 fully saturated rings. The van der Waals surface area contributed by atoms with Crippen LogP contribution in [0, 0.1) is 5.92 Å². The van der Waals surface area contributed by atoms with Gasteiger partial charge in [0.1, 0.15) is 0 Å². The monoisotopic (exact) mass is 350 g/mol. The van der Waals surface area contributed by atoms with Crippen molar-refractivity contribution in [2.45, 2.75) is 52.9 Å². The molecule has 1 saturated heterocycles. The van der Waals surface area contributed by atoms with Crippen molar-refractivity contribution in [2.75, 3.05) is 32.8 Å². The Morgan fingerprint density at radius 1 is 1.12 bits per heavy atom. The molecule has 0 radical (unpaired) electrons. The van der Waals surface area contributed by atoms with Crippen LogP contribution >= 0.6 is 0 Å². The second-order valence-corrected chi connectivity index (χ2v) is 6.58. The van der Waals surface area contributed by atoms with E-state index in [2.05, 4.69) is 16.9 Å². The minimum Gasteiger partial charge on any atom is -0.450 e. The van der Waals surface area contributed by atoms with Crippen LogP contribution in [0.3, 0.4) is 0 Å². The summed E-state index contributed by atoms with van der Waals surface area (Å²) in [4.78, 5) is 36.6. The van der Waals surface area contributed by atoms with Gasteiger partial charge in [-0.15, -0.1) is 0 Å². The van der Waals surface area contributed by atoms with E-state index in [0.29, 0.717) is 38.7 Å². The van der Waals surface area contributed by atoms with Crippen LogP contribution in [0.25, 0.3) is 0 Å². The molecule has 1 unspecified atom stereocenters.